The maximum atomic E-state index is 13.0. The number of benzene rings is 1. The molecule has 6 heteroatoms. The fourth-order valence-electron chi connectivity index (χ4n) is 2.87. The summed E-state index contributed by atoms with van der Waals surface area (Å²) in [4.78, 5) is 4.65. The Morgan fingerprint density at radius 2 is 2.00 bits per heavy atom. The molecule has 2 aromatic heterocycles. The van der Waals surface area contributed by atoms with E-state index in [4.69, 9.17) is 0 Å². The van der Waals surface area contributed by atoms with Crippen molar-refractivity contribution in [3.05, 3.63) is 54.4 Å². The second kappa shape index (κ2) is 7.27. The Morgan fingerprint density at radius 3 is 2.76 bits per heavy atom. The largest absolute Gasteiger partial charge is 0.331 e. The second-order valence-corrected chi connectivity index (χ2v) is 7.73. The molecule has 132 valence electrons. The minimum Gasteiger partial charge on any atom is -0.331 e. The average Bonchev–Trinajstić information content (AvgIpc) is 2.99. The first-order valence-corrected chi connectivity index (χ1v) is 10.1. The zero-order valence-corrected chi connectivity index (χ0v) is 15.4. The normalized spacial score (nSPS) is 11.8. The molecule has 3 aromatic rings. The van der Waals surface area contributed by atoms with E-state index in [9.17, 15) is 8.42 Å². The molecule has 0 radical (unpaired) electrons. The van der Waals surface area contributed by atoms with Gasteiger partial charge in [-0.1, -0.05) is 32.4 Å². The molecule has 0 bridgehead atoms. The lowest BCUT2D eigenvalue weighted by Crippen LogP contribution is -2.12. The molecule has 3 rings (SSSR count). The maximum Gasteiger partial charge on any atom is 0.264 e. The zero-order valence-electron chi connectivity index (χ0n) is 14.6. The molecule has 5 nitrogen and oxygen atoms in total. The lowest BCUT2D eigenvalue weighted by atomic mass is 10.1. The number of anilines is 1. The van der Waals surface area contributed by atoms with Crippen molar-refractivity contribution >= 4 is 26.7 Å². The van der Waals surface area contributed by atoms with Gasteiger partial charge in [0.05, 0.1) is 0 Å². The van der Waals surface area contributed by atoms with E-state index in [1.807, 2.05) is 35.8 Å². The van der Waals surface area contributed by atoms with E-state index in [-0.39, 0.29) is 4.90 Å². The van der Waals surface area contributed by atoms with E-state index in [1.165, 1.54) is 0 Å². The first-order valence-electron chi connectivity index (χ1n) is 8.60. The van der Waals surface area contributed by atoms with Gasteiger partial charge in [-0.3, -0.25) is 4.72 Å². The SMILES string of the molecule is CCCCn1cc(S(=O)(=O)Nc2cccc(CC)c2)c2cccnc21. The number of aryl methyl sites for hydroxylation is 2. The van der Waals surface area contributed by atoms with E-state index >= 15 is 0 Å². The molecule has 0 unspecified atom stereocenters. The summed E-state index contributed by atoms with van der Waals surface area (Å²) in [5.74, 6) is 0. The van der Waals surface area contributed by atoms with Crippen LogP contribution in [0.25, 0.3) is 11.0 Å². The number of pyridine rings is 1. The van der Waals surface area contributed by atoms with E-state index in [1.54, 1.807) is 24.5 Å². The highest BCUT2D eigenvalue weighted by atomic mass is 32.2. The number of sulfonamides is 1. The van der Waals surface area contributed by atoms with Crippen LogP contribution in [0.1, 0.15) is 32.3 Å². The number of rotatable bonds is 7. The summed E-state index contributed by atoms with van der Waals surface area (Å²) < 4.78 is 30.5. The molecular weight excluding hydrogens is 334 g/mol. The Bertz CT molecular complexity index is 977. The summed E-state index contributed by atoms with van der Waals surface area (Å²) in [6.45, 7) is 4.91. The Kier molecular flexibility index (Phi) is 5.08. The van der Waals surface area contributed by atoms with Crippen molar-refractivity contribution < 1.29 is 8.42 Å². The average molecular weight is 357 g/mol. The van der Waals surface area contributed by atoms with Gasteiger partial charge < -0.3 is 4.57 Å². The van der Waals surface area contributed by atoms with Crippen LogP contribution in [0.4, 0.5) is 5.69 Å². The fraction of sp³-hybridized carbons (Fsp3) is 0.316. The quantitative estimate of drug-likeness (QED) is 0.689. The van der Waals surface area contributed by atoms with Gasteiger partial charge in [0, 0.05) is 30.0 Å². The lowest BCUT2D eigenvalue weighted by Gasteiger charge is -2.08. The summed E-state index contributed by atoms with van der Waals surface area (Å²) >= 11 is 0. The number of hydrogen-bond donors (Lipinski definition) is 1. The van der Waals surface area contributed by atoms with Gasteiger partial charge in [0.25, 0.3) is 10.0 Å². The van der Waals surface area contributed by atoms with Crippen molar-refractivity contribution in [1.82, 2.24) is 9.55 Å². The number of unbranched alkanes of at least 4 members (excludes halogenated alkanes) is 1. The molecule has 0 aliphatic rings. The van der Waals surface area contributed by atoms with Gasteiger partial charge in [0.15, 0.2) is 0 Å². The third kappa shape index (κ3) is 3.69. The highest BCUT2D eigenvalue weighted by Gasteiger charge is 2.21. The summed E-state index contributed by atoms with van der Waals surface area (Å²) in [7, 11) is -3.68. The molecule has 0 spiro atoms. The van der Waals surface area contributed by atoms with Crippen molar-refractivity contribution in [3.8, 4) is 0 Å². The monoisotopic (exact) mass is 357 g/mol. The van der Waals surface area contributed by atoms with Crippen LogP contribution < -0.4 is 4.72 Å². The summed E-state index contributed by atoms with van der Waals surface area (Å²) in [5.41, 5.74) is 2.38. The standard InChI is InChI=1S/C19H23N3O2S/c1-3-5-12-22-14-18(17-10-7-11-20-19(17)22)25(23,24)21-16-9-6-8-15(4-2)13-16/h6-11,13-14,21H,3-5,12H2,1-2H3. The molecule has 0 fully saturated rings. The first-order chi connectivity index (χ1) is 12.0. The van der Waals surface area contributed by atoms with Crippen LogP contribution in [0.5, 0.6) is 0 Å². The van der Waals surface area contributed by atoms with E-state index in [0.717, 1.165) is 31.4 Å². The number of aromatic nitrogens is 2. The van der Waals surface area contributed by atoms with Crippen molar-refractivity contribution in [2.45, 2.75) is 44.6 Å². The molecule has 0 aliphatic heterocycles. The van der Waals surface area contributed by atoms with Gasteiger partial charge in [-0.15, -0.1) is 0 Å². The van der Waals surface area contributed by atoms with Crippen molar-refractivity contribution in [2.75, 3.05) is 4.72 Å². The van der Waals surface area contributed by atoms with E-state index in [2.05, 4.69) is 16.6 Å². The Balaban J connectivity index is 2.01. The van der Waals surface area contributed by atoms with Gasteiger partial charge in [0.1, 0.15) is 10.5 Å². The highest BCUT2D eigenvalue weighted by molar-refractivity contribution is 7.93. The Morgan fingerprint density at radius 1 is 1.16 bits per heavy atom. The Labute approximate surface area is 148 Å². The number of hydrogen-bond acceptors (Lipinski definition) is 3. The molecule has 1 aromatic carbocycles. The fourth-order valence-corrected chi connectivity index (χ4v) is 4.13. The van der Waals surface area contributed by atoms with Crippen LogP contribution in [-0.2, 0) is 23.0 Å². The van der Waals surface area contributed by atoms with Gasteiger partial charge in [-0.2, -0.15) is 0 Å². The van der Waals surface area contributed by atoms with Crippen molar-refractivity contribution in [1.29, 1.82) is 0 Å². The van der Waals surface area contributed by atoms with Crippen LogP contribution in [0, 0.1) is 0 Å². The molecule has 0 amide bonds. The van der Waals surface area contributed by atoms with Crippen LogP contribution >= 0.6 is 0 Å². The number of fused-ring (bicyclic) bond motifs is 1. The van der Waals surface area contributed by atoms with Crippen LogP contribution in [0.2, 0.25) is 0 Å². The third-order valence-electron chi connectivity index (χ3n) is 4.23. The summed E-state index contributed by atoms with van der Waals surface area (Å²) in [6, 6.07) is 11.1. The van der Waals surface area contributed by atoms with Gasteiger partial charge in [-0.25, -0.2) is 13.4 Å². The van der Waals surface area contributed by atoms with Crippen LogP contribution in [-0.4, -0.2) is 18.0 Å². The predicted octanol–water partition coefficient (Wildman–Crippen LogP) is 4.20. The third-order valence-corrected chi connectivity index (χ3v) is 5.64. The lowest BCUT2D eigenvalue weighted by molar-refractivity contribution is 0.600. The maximum absolute atomic E-state index is 13.0. The first kappa shape index (κ1) is 17.5. The van der Waals surface area contributed by atoms with Gasteiger partial charge in [-0.05, 0) is 42.7 Å². The topological polar surface area (TPSA) is 64.0 Å². The predicted molar refractivity (Wildman–Crippen MR) is 101 cm³/mol. The van der Waals surface area contributed by atoms with E-state index < -0.39 is 10.0 Å². The molecule has 0 atom stereocenters. The molecule has 2 heterocycles. The molecule has 0 saturated carbocycles. The number of nitrogens with one attached hydrogen (secondary N) is 1. The molecular formula is C19H23N3O2S. The van der Waals surface area contributed by atoms with E-state index in [0.29, 0.717) is 16.7 Å². The van der Waals surface area contributed by atoms with Crippen LogP contribution in [0.3, 0.4) is 0 Å². The Hall–Kier alpha value is -2.34. The molecule has 25 heavy (non-hydrogen) atoms. The van der Waals surface area contributed by atoms with Gasteiger partial charge in [0.2, 0.25) is 0 Å². The van der Waals surface area contributed by atoms with Crippen molar-refractivity contribution in [3.63, 3.8) is 0 Å². The van der Waals surface area contributed by atoms with Gasteiger partial charge >= 0.3 is 0 Å². The smallest absolute Gasteiger partial charge is 0.264 e. The van der Waals surface area contributed by atoms with Crippen molar-refractivity contribution in [2.24, 2.45) is 0 Å². The second-order valence-electron chi connectivity index (χ2n) is 6.07. The molecule has 0 saturated heterocycles. The highest BCUT2D eigenvalue weighted by Crippen LogP contribution is 2.26. The molecule has 0 aliphatic carbocycles. The molecule has 1 N–H and O–H groups in total. The summed E-state index contributed by atoms with van der Waals surface area (Å²) in [6.07, 6.45) is 6.26. The minimum atomic E-state index is -3.68. The summed E-state index contributed by atoms with van der Waals surface area (Å²) in [5, 5.41) is 0.651. The number of nitrogens with zero attached hydrogens (tertiary/aromatic N) is 2. The van der Waals surface area contributed by atoms with Crippen LogP contribution in [0.15, 0.2) is 53.7 Å². The minimum absolute atomic E-state index is 0.272. The zero-order chi connectivity index (χ0) is 17.9.